The highest BCUT2D eigenvalue weighted by Crippen LogP contribution is 2.29. The first-order chi connectivity index (χ1) is 9.54. The van der Waals surface area contributed by atoms with Gasteiger partial charge in [-0.05, 0) is 40.3 Å². The maximum Gasteiger partial charge on any atom is 0.0837 e. The highest BCUT2D eigenvalue weighted by molar-refractivity contribution is 14.1. The zero-order valence-corrected chi connectivity index (χ0v) is 14.5. The van der Waals surface area contributed by atoms with Crippen LogP contribution >= 0.6 is 45.8 Å². The molecule has 0 aliphatic heterocycles. The lowest BCUT2D eigenvalue weighted by molar-refractivity contribution is 0.182. The van der Waals surface area contributed by atoms with Gasteiger partial charge in [0.1, 0.15) is 0 Å². The lowest BCUT2D eigenvalue weighted by Gasteiger charge is -2.16. The molecule has 2 aromatic rings. The quantitative estimate of drug-likeness (QED) is 0.746. The normalized spacial score (nSPS) is 12.7. The van der Waals surface area contributed by atoms with Gasteiger partial charge in [-0.2, -0.15) is 5.10 Å². The molecule has 0 fully saturated rings. The Kier molecular flexibility index (Phi) is 5.68. The van der Waals surface area contributed by atoms with Crippen molar-refractivity contribution in [1.29, 1.82) is 0 Å². The molecule has 1 aromatic carbocycles. The lowest BCUT2D eigenvalue weighted by atomic mass is 10.0. The van der Waals surface area contributed by atoms with Crippen LogP contribution in [0.5, 0.6) is 0 Å². The molecule has 2 rings (SSSR count). The van der Waals surface area contributed by atoms with E-state index in [0.29, 0.717) is 23.2 Å². The van der Waals surface area contributed by atoms with Crippen LogP contribution in [0.25, 0.3) is 0 Å². The molecule has 4 nitrogen and oxygen atoms in total. The number of methoxy groups -OCH3 is 1. The lowest BCUT2D eigenvalue weighted by Crippen LogP contribution is -2.19. The van der Waals surface area contributed by atoms with Crippen molar-refractivity contribution in [2.24, 2.45) is 5.73 Å². The van der Waals surface area contributed by atoms with Gasteiger partial charge in [0.05, 0.1) is 41.1 Å². The van der Waals surface area contributed by atoms with E-state index < -0.39 is 0 Å². The van der Waals surface area contributed by atoms with Gasteiger partial charge in [0.2, 0.25) is 0 Å². The minimum Gasteiger partial charge on any atom is -0.383 e. The van der Waals surface area contributed by atoms with Crippen molar-refractivity contribution < 1.29 is 4.74 Å². The smallest absolute Gasteiger partial charge is 0.0837 e. The van der Waals surface area contributed by atoms with Gasteiger partial charge >= 0.3 is 0 Å². The summed E-state index contributed by atoms with van der Waals surface area (Å²) in [4.78, 5) is 0. The minimum atomic E-state index is -0.378. The van der Waals surface area contributed by atoms with Crippen LogP contribution in [0, 0.1) is 3.57 Å². The van der Waals surface area contributed by atoms with E-state index in [9.17, 15) is 0 Å². The fraction of sp³-hybridized carbons (Fsp3) is 0.308. The summed E-state index contributed by atoms with van der Waals surface area (Å²) in [6.45, 7) is 1.15. The van der Waals surface area contributed by atoms with Gasteiger partial charge in [-0.3, -0.25) is 4.68 Å². The van der Waals surface area contributed by atoms with Crippen molar-refractivity contribution in [2.75, 3.05) is 13.7 Å². The summed E-state index contributed by atoms with van der Waals surface area (Å²) in [7, 11) is 1.64. The Balaban J connectivity index is 2.34. The fourth-order valence-electron chi connectivity index (χ4n) is 1.90. The molecule has 0 radical (unpaired) electrons. The Morgan fingerprint density at radius 2 is 2.15 bits per heavy atom. The molecule has 0 aliphatic carbocycles. The molecule has 0 bridgehead atoms. The molecule has 0 saturated carbocycles. The van der Waals surface area contributed by atoms with Crippen LogP contribution in [0.4, 0.5) is 0 Å². The minimum absolute atomic E-state index is 0.378. The zero-order chi connectivity index (χ0) is 14.7. The van der Waals surface area contributed by atoms with E-state index in [1.165, 1.54) is 0 Å². The number of halogens is 3. The topological polar surface area (TPSA) is 53.1 Å². The first-order valence-corrected chi connectivity index (χ1v) is 7.78. The Bertz CT molecular complexity index is 603. The van der Waals surface area contributed by atoms with Crippen LogP contribution < -0.4 is 5.73 Å². The highest BCUT2D eigenvalue weighted by atomic mass is 127. The van der Waals surface area contributed by atoms with E-state index >= 15 is 0 Å². The van der Waals surface area contributed by atoms with Gasteiger partial charge in [-0.1, -0.05) is 29.3 Å². The van der Waals surface area contributed by atoms with E-state index in [1.807, 2.05) is 18.2 Å². The Hall–Kier alpha value is -0.340. The molecular weight excluding hydrogens is 412 g/mol. The summed E-state index contributed by atoms with van der Waals surface area (Å²) < 4.78 is 7.82. The molecule has 1 atom stereocenters. The van der Waals surface area contributed by atoms with Gasteiger partial charge in [-0.25, -0.2) is 0 Å². The number of rotatable bonds is 5. The molecule has 0 spiro atoms. The monoisotopic (exact) mass is 425 g/mol. The second kappa shape index (κ2) is 7.09. The molecule has 108 valence electrons. The number of ether oxygens (including phenoxy) is 1. The number of nitrogens with zero attached hydrogens (tertiary/aromatic N) is 2. The highest BCUT2D eigenvalue weighted by Gasteiger charge is 2.19. The van der Waals surface area contributed by atoms with Crippen molar-refractivity contribution >= 4 is 45.8 Å². The van der Waals surface area contributed by atoms with E-state index in [4.69, 9.17) is 33.7 Å². The van der Waals surface area contributed by atoms with Crippen LogP contribution in [0.3, 0.4) is 0 Å². The third-order valence-electron chi connectivity index (χ3n) is 2.94. The Morgan fingerprint density at radius 1 is 1.40 bits per heavy atom. The molecule has 0 aliphatic rings. The Morgan fingerprint density at radius 3 is 2.80 bits per heavy atom. The van der Waals surface area contributed by atoms with Crippen LogP contribution in [0.15, 0.2) is 24.4 Å². The number of nitrogens with two attached hydrogens (primary N) is 1. The predicted molar refractivity (Wildman–Crippen MR) is 89.3 cm³/mol. The second-order valence-electron chi connectivity index (χ2n) is 4.24. The molecule has 20 heavy (non-hydrogen) atoms. The van der Waals surface area contributed by atoms with Crippen molar-refractivity contribution in [3.8, 4) is 0 Å². The first-order valence-electron chi connectivity index (χ1n) is 5.95. The van der Waals surface area contributed by atoms with Crippen molar-refractivity contribution in [3.63, 3.8) is 0 Å². The van der Waals surface area contributed by atoms with Crippen molar-refractivity contribution in [1.82, 2.24) is 9.78 Å². The van der Waals surface area contributed by atoms with E-state index in [1.54, 1.807) is 18.0 Å². The van der Waals surface area contributed by atoms with Crippen LogP contribution in [-0.4, -0.2) is 23.5 Å². The predicted octanol–water partition coefficient (Wildman–Crippen LogP) is 3.49. The van der Waals surface area contributed by atoms with Crippen molar-refractivity contribution in [3.05, 3.63) is 49.3 Å². The summed E-state index contributed by atoms with van der Waals surface area (Å²) in [6, 6.07) is 5.36. The molecule has 0 amide bonds. The summed E-state index contributed by atoms with van der Waals surface area (Å²) in [5.74, 6) is 0. The number of hydrogen-bond acceptors (Lipinski definition) is 3. The molecule has 1 aromatic heterocycles. The van der Waals surface area contributed by atoms with Gasteiger partial charge < -0.3 is 10.5 Å². The standard InChI is InChI=1S/C13H14Cl2IN3O/c1-20-5-4-19-13(10(15)7-18-19)12(17)8-2-3-11(16)9(14)6-8/h2-3,6-7,12H,4-5,17H2,1H3. The largest absolute Gasteiger partial charge is 0.383 e. The first kappa shape index (κ1) is 16.0. The molecule has 1 unspecified atom stereocenters. The average molecular weight is 426 g/mol. The van der Waals surface area contributed by atoms with Gasteiger partial charge in [0, 0.05) is 10.7 Å². The number of aromatic nitrogens is 2. The van der Waals surface area contributed by atoms with Gasteiger partial charge in [0.15, 0.2) is 0 Å². The molecule has 2 N–H and O–H groups in total. The zero-order valence-electron chi connectivity index (χ0n) is 10.8. The van der Waals surface area contributed by atoms with Gasteiger partial charge in [-0.15, -0.1) is 0 Å². The maximum absolute atomic E-state index is 6.31. The van der Waals surface area contributed by atoms with Crippen LogP contribution in [0.1, 0.15) is 17.3 Å². The molecule has 7 heteroatoms. The van der Waals surface area contributed by atoms with Crippen LogP contribution in [0.2, 0.25) is 10.0 Å². The SMILES string of the molecule is COCCn1ncc(Cl)c1C(N)c1ccc(I)c(Cl)c1. The fourth-order valence-corrected chi connectivity index (χ4v) is 2.68. The summed E-state index contributed by atoms with van der Waals surface area (Å²) in [5, 5.41) is 5.45. The molecule has 1 heterocycles. The molecular formula is C13H14Cl2IN3O. The van der Waals surface area contributed by atoms with E-state index in [0.717, 1.165) is 14.8 Å². The average Bonchev–Trinajstić information content (AvgIpc) is 2.80. The summed E-state index contributed by atoms with van der Waals surface area (Å²) in [6.07, 6.45) is 1.60. The molecule has 0 saturated heterocycles. The summed E-state index contributed by atoms with van der Waals surface area (Å²) in [5.41, 5.74) is 7.97. The number of hydrogen-bond donors (Lipinski definition) is 1. The maximum atomic E-state index is 6.31. The van der Waals surface area contributed by atoms with E-state index in [-0.39, 0.29) is 6.04 Å². The third-order valence-corrected chi connectivity index (χ3v) is 4.80. The number of benzene rings is 1. The van der Waals surface area contributed by atoms with Crippen molar-refractivity contribution in [2.45, 2.75) is 12.6 Å². The van der Waals surface area contributed by atoms with Gasteiger partial charge in [0.25, 0.3) is 0 Å². The second-order valence-corrected chi connectivity index (χ2v) is 6.22. The third kappa shape index (κ3) is 3.46. The Labute approximate surface area is 141 Å². The summed E-state index contributed by atoms with van der Waals surface area (Å²) >= 11 is 14.5. The van der Waals surface area contributed by atoms with E-state index in [2.05, 4.69) is 27.7 Å². The van der Waals surface area contributed by atoms with Crippen LogP contribution in [-0.2, 0) is 11.3 Å².